The summed E-state index contributed by atoms with van der Waals surface area (Å²) in [6.45, 7) is 1.78. The smallest absolute Gasteiger partial charge is 0.217 e. The summed E-state index contributed by atoms with van der Waals surface area (Å²) in [5.74, 6) is -0.599. The molecular weight excluding hydrogens is 224 g/mol. The summed E-state index contributed by atoms with van der Waals surface area (Å²) in [5.41, 5.74) is 0.506. The van der Waals surface area contributed by atoms with Crippen molar-refractivity contribution in [2.45, 2.75) is 13.0 Å². The Morgan fingerprint density at radius 2 is 1.94 bits per heavy atom. The van der Waals surface area contributed by atoms with Crippen LogP contribution in [0.3, 0.4) is 0 Å². The second-order valence-corrected chi connectivity index (χ2v) is 3.61. The lowest BCUT2D eigenvalue weighted by Gasteiger charge is -2.15. The van der Waals surface area contributed by atoms with Gasteiger partial charge < -0.3 is 5.32 Å². The first kappa shape index (κ1) is 11.4. The largest absolute Gasteiger partial charge is 0.363 e. The van der Waals surface area contributed by atoms with Gasteiger partial charge in [0.05, 0.1) is 6.04 Å². The maximum absolute atomic E-state index is 13.5. The van der Waals surface area contributed by atoms with Crippen molar-refractivity contribution >= 4 is 5.82 Å². The third kappa shape index (κ3) is 2.75. The lowest BCUT2D eigenvalue weighted by Crippen LogP contribution is -2.10. The average molecular weight is 235 g/mol. The van der Waals surface area contributed by atoms with Gasteiger partial charge in [-0.1, -0.05) is 18.2 Å². The van der Waals surface area contributed by atoms with Gasteiger partial charge >= 0.3 is 0 Å². The summed E-state index contributed by atoms with van der Waals surface area (Å²) in [5, 5.41) is 2.91. The molecule has 5 heteroatoms. The van der Waals surface area contributed by atoms with Crippen molar-refractivity contribution in [2.75, 3.05) is 5.32 Å². The van der Waals surface area contributed by atoms with Crippen LogP contribution < -0.4 is 5.32 Å². The Labute approximate surface area is 97.5 Å². The third-order valence-corrected chi connectivity index (χ3v) is 2.37. The third-order valence-electron chi connectivity index (χ3n) is 2.37. The minimum Gasteiger partial charge on any atom is -0.363 e. The van der Waals surface area contributed by atoms with E-state index >= 15 is 0 Å². The molecule has 1 N–H and O–H groups in total. The molecule has 0 aliphatic carbocycles. The first-order valence-corrected chi connectivity index (χ1v) is 5.15. The predicted octanol–water partition coefficient (Wildman–Crippen LogP) is 2.93. The molecule has 0 fully saturated rings. The first-order valence-electron chi connectivity index (χ1n) is 5.15. The second-order valence-electron chi connectivity index (χ2n) is 3.61. The van der Waals surface area contributed by atoms with Crippen LogP contribution in [-0.4, -0.2) is 9.97 Å². The minimum absolute atomic E-state index is 0.300. The highest BCUT2D eigenvalue weighted by atomic mass is 19.1. The molecule has 0 aliphatic rings. The van der Waals surface area contributed by atoms with Gasteiger partial charge in [0.25, 0.3) is 0 Å². The van der Waals surface area contributed by atoms with Crippen molar-refractivity contribution in [1.82, 2.24) is 9.97 Å². The van der Waals surface area contributed by atoms with Gasteiger partial charge in [0.2, 0.25) is 5.95 Å². The molecule has 0 bridgehead atoms. The molecule has 3 nitrogen and oxygen atoms in total. The quantitative estimate of drug-likeness (QED) is 0.831. The first-order chi connectivity index (χ1) is 8.16. The van der Waals surface area contributed by atoms with E-state index in [1.165, 1.54) is 6.07 Å². The number of halogens is 2. The van der Waals surface area contributed by atoms with Crippen LogP contribution in [0.2, 0.25) is 0 Å². The molecule has 1 atom stereocenters. The molecule has 1 heterocycles. The average Bonchev–Trinajstić information content (AvgIpc) is 2.29. The molecule has 88 valence electrons. The van der Waals surface area contributed by atoms with Crippen LogP contribution in [0.15, 0.2) is 36.7 Å². The topological polar surface area (TPSA) is 37.8 Å². The molecular formula is C12H11F2N3. The Kier molecular flexibility index (Phi) is 3.27. The molecule has 0 radical (unpaired) electrons. The van der Waals surface area contributed by atoms with Crippen molar-refractivity contribution in [3.8, 4) is 0 Å². The Morgan fingerprint density at radius 1 is 1.18 bits per heavy atom. The molecule has 0 saturated heterocycles. The van der Waals surface area contributed by atoms with Crippen LogP contribution in [0, 0.1) is 11.8 Å². The summed E-state index contributed by atoms with van der Waals surface area (Å²) >= 11 is 0. The van der Waals surface area contributed by atoms with Gasteiger partial charge in [-0.2, -0.15) is 4.39 Å². The van der Waals surface area contributed by atoms with Gasteiger partial charge in [-0.15, -0.1) is 0 Å². The summed E-state index contributed by atoms with van der Waals surface area (Å²) in [6.07, 6.45) is 1.12. The molecule has 1 unspecified atom stereocenters. The Bertz CT molecular complexity index is 517. The Balaban J connectivity index is 2.17. The highest BCUT2D eigenvalue weighted by Crippen LogP contribution is 2.20. The highest BCUT2D eigenvalue weighted by molar-refractivity contribution is 5.37. The van der Waals surface area contributed by atoms with Crippen LogP contribution >= 0.6 is 0 Å². The second kappa shape index (κ2) is 4.86. The monoisotopic (exact) mass is 235 g/mol. The number of anilines is 1. The van der Waals surface area contributed by atoms with E-state index in [2.05, 4.69) is 15.3 Å². The van der Waals surface area contributed by atoms with E-state index in [0.29, 0.717) is 11.4 Å². The Morgan fingerprint density at radius 3 is 2.65 bits per heavy atom. The summed E-state index contributed by atoms with van der Waals surface area (Å²) < 4.78 is 26.3. The lowest BCUT2D eigenvalue weighted by molar-refractivity contribution is 0.578. The van der Waals surface area contributed by atoms with Gasteiger partial charge in [-0.05, 0) is 13.0 Å². The van der Waals surface area contributed by atoms with Crippen LogP contribution in [0.5, 0.6) is 0 Å². The molecule has 2 aromatic rings. The number of hydrogen-bond acceptors (Lipinski definition) is 3. The van der Waals surface area contributed by atoms with E-state index in [0.717, 1.165) is 12.4 Å². The fraction of sp³-hybridized carbons (Fsp3) is 0.167. The van der Waals surface area contributed by atoms with Crippen LogP contribution in [-0.2, 0) is 0 Å². The lowest BCUT2D eigenvalue weighted by atomic mass is 10.1. The van der Waals surface area contributed by atoms with E-state index in [-0.39, 0.29) is 11.9 Å². The van der Waals surface area contributed by atoms with E-state index in [1.54, 1.807) is 25.1 Å². The summed E-state index contributed by atoms with van der Waals surface area (Å²) in [6, 6.07) is 7.29. The van der Waals surface area contributed by atoms with E-state index in [1.807, 2.05) is 0 Å². The van der Waals surface area contributed by atoms with Gasteiger partial charge in [0, 0.05) is 11.6 Å². The maximum atomic E-state index is 13.5. The fourth-order valence-corrected chi connectivity index (χ4v) is 1.54. The standard InChI is InChI=1S/C12H11F2N3/c1-8(9-4-2-3-5-10(9)13)17-12-6-11(14)15-7-16-12/h2-8H,1H3,(H,15,16,17). The van der Waals surface area contributed by atoms with E-state index < -0.39 is 5.95 Å². The van der Waals surface area contributed by atoms with Gasteiger partial charge in [-0.3, -0.25) is 0 Å². The number of rotatable bonds is 3. The normalized spacial score (nSPS) is 12.2. The SMILES string of the molecule is CC(Nc1cc(F)ncn1)c1ccccc1F. The highest BCUT2D eigenvalue weighted by Gasteiger charge is 2.10. The minimum atomic E-state index is -0.622. The molecule has 1 aromatic heterocycles. The molecule has 0 amide bonds. The summed E-state index contributed by atoms with van der Waals surface area (Å²) in [7, 11) is 0. The van der Waals surface area contributed by atoms with Crippen molar-refractivity contribution in [3.05, 3.63) is 54.0 Å². The number of benzene rings is 1. The molecule has 0 aliphatic heterocycles. The van der Waals surface area contributed by atoms with Crippen molar-refractivity contribution < 1.29 is 8.78 Å². The van der Waals surface area contributed by atoms with Crippen molar-refractivity contribution in [1.29, 1.82) is 0 Å². The zero-order valence-corrected chi connectivity index (χ0v) is 9.19. The fourth-order valence-electron chi connectivity index (χ4n) is 1.54. The molecule has 2 rings (SSSR count). The number of hydrogen-bond donors (Lipinski definition) is 1. The van der Waals surface area contributed by atoms with Gasteiger partial charge in [-0.25, -0.2) is 14.4 Å². The van der Waals surface area contributed by atoms with Crippen molar-refractivity contribution in [3.63, 3.8) is 0 Å². The van der Waals surface area contributed by atoms with E-state index in [4.69, 9.17) is 0 Å². The number of aromatic nitrogens is 2. The zero-order valence-electron chi connectivity index (χ0n) is 9.19. The molecule has 17 heavy (non-hydrogen) atoms. The number of nitrogens with zero attached hydrogens (tertiary/aromatic N) is 2. The van der Waals surface area contributed by atoms with Gasteiger partial charge in [0.1, 0.15) is 18.0 Å². The van der Waals surface area contributed by atoms with E-state index in [9.17, 15) is 8.78 Å². The van der Waals surface area contributed by atoms with Gasteiger partial charge in [0.15, 0.2) is 0 Å². The number of nitrogens with one attached hydrogen (secondary N) is 1. The maximum Gasteiger partial charge on any atom is 0.217 e. The zero-order chi connectivity index (χ0) is 12.3. The molecule has 0 saturated carbocycles. The van der Waals surface area contributed by atoms with Crippen LogP contribution in [0.25, 0.3) is 0 Å². The summed E-state index contributed by atoms with van der Waals surface area (Å²) in [4.78, 5) is 7.20. The predicted molar refractivity (Wildman–Crippen MR) is 60.4 cm³/mol. The van der Waals surface area contributed by atoms with Crippen molar-refractivity contribution in [2.24, 2.45) is 0 Å². The molecule has 0 spiro atoms. The van der Waals surface area contributed by atoms with Crippen LogP contribution in [0.4, 0.5) is 14.6 Å². The Hall–Kier alpha value is -2.04. The molecule has 1 aromatic carbocycles. The van der Waals surface area contributed by atoms with Crippen LogP contribution in [0.1, 0.15) is 18.5 Å².